The Balaban J connectivity index is 1.26. The Morgan fingerprint density at radius 3 is 2.43 bits per heavy atom. The van der Waals surface area contributed by atoms with Crippen molar-refractivity contribution >= 4 is 0 Å². The molecule has 4 aliphatic carbocycles. The molecular weight excluding hydrogens is 370 g/mol. The molecule has 0 amide bonds. The fraction of sp³-hybridized carbons (Fsp3) is 1.00. The molecule has 2 heterocycles. The van der Waals surface area contributed by atoms with Gasteiger partial charge in [0, 0.05) is 12.5 Å². The van der Waals surface area contributed by atoms with Crippen LogP contribution >= 0.6 is 0 Å². The SMILES string of the molecule is C[C@@H]1CC[C@@]2(NC1)O[C@@H]1C[C@@H]3[C@@H]4CC[C@H]5C[C@H](O)CC[C@]5(C)[C@@H]4CC[C@@]3(C)[C@@H]1[C@@H]2C. The standard InChI is InChI=1S/C27H45NO2/c1-16-7-12-27(28-15-16)17(2)24-23(30-27)14-22-20-6-5-18-13-19(29)8-10-25(18,3)21(20)9-11-26(22,24)4/h16-24,28-29H,5-15H2,1-4H3/t16-,17+,18+,19-,20-,21-,22-,23-,24-,25+,26-,27-/m1/s1. The minimum atomic E-state index is -0.0320. The molecule has 6 rings (SSSR count). The highest BCUT2D eigenvalue weighted by atomic mass is 16.5. The second-order valence-corrected chi connectivity index (χ2v) is 13.3. The normalized spacial score (nSPS) is 62.5. The second-order valence-electron chi connectivity index (χ2n) is 13.3. The first kappa shape index (κ1) is 20.5. The van der Waals surface area contributed by atoms with Crippen LogP contribution in [0.15, 0.2) is 0 Å². The summed E-state index contributed by atoms with van der Waals surface area (Å²) in [5, 5.41) is 14.2. The second kappa shape index (κ2) is 6.70. The maximum Gasteiger partial charge on any atom is 0.122 e. The minimum absolute atomic E-state index is 0.0319. The maximum atomic E-state index is 10.3. The molecule has 30 heavy (non-hydrogen) atoms. The van der Waals surface area contributed by atoms with E-state index in [0.717, 1.165) is 54.9 Å². The molecule has 2 N–H and O–H groups in total. The molecule has 12 atom stereocenters. The van der Waals surface area contributed by atoms with E-state index >= 15 is 0 Å². The van der Waals surface area contributed by atoms with Gasteiger partial charge in [-0.15, -0.1) is 0 Å². The number of piperidine rings is 1. The molecule has 3 nitrogen and oxygen atoms in total. The van der Waals surface area contributed by atoms with Gasteiger partial charge in [0.25, 0.3) is 0 Å². The Morgan fingerprint density at radius 1 is 0.867 bits per heavy atom. The molecule has 0 unspecified atom stereocenters. The van der Waals surface area contributed by atoms with E-state index in [0.29, 0.717) is 22.9 Å². The summed E-state index contributed by atoms with van der Waals surface area (Å²) in [4.78, 5) is 0. The Morgan fingerprint density at radius 2 is 1.67 bits per heavy atom. The van der Waals surface area contributed by atoms with Gasteiger partial charge in [-0.2, -0.15) is 0 Å². The zero-order valence-corrected chi connectivity index (χ0v) is 19.8. The van der Waals surface area contributed by atoms with Gasteiger partial charge in [0.05, 0.1) is 12.2 Å². The van der Waals surface area contributed by atoms with Gasteiger partial charge in [0.15, 0.2) is 0 Å². The van der Waals surface area contributed by atoms with E-state index in [1.807, 2.05) is 0 Å². The van der Waals surface area contributed by atoms with Gasteiger partial charge in [0.2, 0.25) is 0 Å². The van der Waals surface area contributed by atoms with Gasteiger partial charge < -0.3 is 9.84 Å². The van der Waals surface area contributed by atoms with Crippen LogP contribution in [0.5, 0.6) is 0 Å². The summed E-state index contributed by atoms with van der Waals surface area (Å²) in [7, 11) is 0. The highest BCUT2D eigenvalue weighted by molar-refractivity contribution is 5.16. The van der Waals surface area contributed by atoms with Crippen molar-refractivity contribution in [3.63, 3.8) is 0 Å². The summed E-state index contributed by atoms with van der Waals surface area (Å²) in [6, 6.07) is 0. The third-order valence-electron chi connectivity index (χ3n) is 12.1. The van der Waals surface area contributed by atoms with Crippen molar-refractivity contribution in [3.05, 3.63) is 0 Å². The van der Waals surface area contributed by atoms with E-state index in [1.165, 1.54) is 51.4 Å². The molecule has 0 aromatic heterocycles. The smallest absolute Gasteiger partial charge is 0.122 e. The minimum Gasteiger partial charge on any atom is -0.393 e. The molecule has 1 spiro atoms. The van der Waals surface area contributed by atoms with E-state index in [-0.39, 0.29) is 11.8 Å². The molecule has 6 aliphatic rings. The lowest BCUT2D eigenvalue weighted by atomic mass is 9.44. The molecule has 6 fully saturated rings. The zero-order chi connectivity index (χ0) is 20.9. The summed E-state index contributed by atoms with van der Waals surface area (Å²) in [5.41, 5.74) is 0.919. The van der Waals surface area contributed by atoms with Gasteiger partial charge in [-0.25, -0.2) is 0 Å². The molecule has 2 saturated heterocycles. The summed E-state index contributed by atoms with van der Waals surface area (Å²) in [6.07, 6.45) is 13.2. The third-order valence-corrected chi connectivity index (χ3v) is 12.1. The van der Waals surface area contributed by atoms with Crippen LogP contribution in [-0.4, -0.2) is 29.6 Å². The summed E-state index contributed by atoms with van der Waals surface area (Å²) >= 11 is 0. The van der Waals surface area contributed by atoms with E-state index in [1.54, 1.807) is 0 Å². The Labute approximate surface area is 184 Å². The van der Waals surface area contributed by atoms with Gasteiger partial charge in [-0.3, -0.25) is 5.32 Å². The first-order valence-corrected chi connectivity index (χ1v) is 13.4. The lowest BCUT2D eigenvalue weighted by molar-refractivity contribution is -0.140. The molecule has 0 aromatic carbocycles. The van der Waals surface area contributed by atoms with Crippen molar-refractivity contribution in [2.75, 3.05) is 6.54 Å². The molecule has 0 radical (unpaired) electrons. The number of rotatable bonds is 0. The topological polar surface area (TPSA) is 41.5 Å². The van der Waals surface area contributed by atoms with Crippen molar-refractivity contribution in [3.8, 4) is 0 Å². The van der Waals surface area contributed by atoms with Crippen molar-refractivity contribution in [1.82, 2.24) is 5.32 Å². The summed E-state index contributed by atoms with van der Waals surface area (Å²) < 4.78 is 7.01. The van der Waals surface area contributed by atoms with Crippen LogP contribution in [-0.2, 0) is 4.74 Å². The molecular formula is C27H45NO2. The van der Waals surface area contributed by atoms with E-state index in [9.17, 15) is 5.11 Å². The molecule has 2 aliphatic heterocycles. The highest BCUT2D eigenvalue weighted by Crippen LogP contribution is 2.71. The van der Waals surface area contributed by atoms with Crippen molar-refractivity contribution in [1.29, 1.82) is 0 Å². The number of nitrogens with one attached hydrogen (secondary N) is 1. The quantitative estimate of drug-likeness (QED) is 0.559. The number of hydrogen-bond acceptors (Lipinski definition) is 3. The first-order valence-electron chi connectivity index (χ1n) is 13.4. The molecule has 170 valence electrons. The fourth-order valence-corrected chi connectivity index (χ4v) is 10.4. The maximum absolute atomic E-state index is 10.3. The molecule has 0 aromatic rings. The molecule has 3 heteroatoms. The number of fused-ring (bicyclic) bond motifs is 7. The number of ether oxygens (including phenoxy) is 1. The van der Waals surface area contributed by atoms with Crippen LogP contribution in [0.2, 0.25) is 0 Å². The Kier molecular flexibility index (Phi) is 4.58. The van der Waals surface area contributed by atoms with Gasteiger partial charge in [-0.05, 0) is 111 Å². The lowest BCUT2D eigenvalue weighted by Gasteiger charge is -2.61. The van der Waals surface area contributed by atoms with Crippen molar-refractivity contribution in [2.24, 2.45) is 52.3 Å². The van der Waals surface area contributed by atoms with Crippen molar-refractivity contribution in [2.45, 2.75) is 110 Å². The average molecular weight is 416 g/mol. The lowest BCUT2D eigenvalue weighted by Crippen LogP contribution is -2.57. The van der Waals surface area contributed by atoms with E-state index in [4.69, 9.17) is 4.74 Å². The largest absolute Gasteiger partial charge is 0.393 e. The first-order chi connectivity index (χ1) is 14.3. The van der Waals surface area contributed by atoms with Gasteiger partial charge in [-0.1, -0.05) is 27.7 Å². The molecule has 0 bridgehead atoms. The predicted octanol–water partition coefficient (Wildman–Crippen LogP) is 5.37. The Hall–Kier alpha value is -0.120. The monoisotopic (exact) mass is 415 g/mol. The van der Waals surface area contributed by atoms with Gasteiger partial charge >= 0.3 is 0 Å². The third kappa shape index (κ3) is 2.61. The average Bonchev–Trinajstić information content (AvgIpc) is 3.16. The molecule has 4 saturated carbocycles. The number of aliphatic hydroxyl groups is 1. The van der Waals surface area contributed by atoms with Crippen LogP contribution < -0.4 is 5.32 Å². The summed E-state index contributed by atoms with van der Waals surface area (Å²) in [5.74, 6) is 5.57. The van der Waals surface area contributed by atoms with Crippen LogP contribution in [0, 0.1) is 52.3 Å². The van der Waals surface area contributed by atoms with Crippen LogP contribution in [0.4, 0.5) is 0 Å². The van der Waals surface area contributed by atoms with Crippen LogP contribution in [0.1, 0.15) is 91.9 Å². The Bertz CT molecular complexity index is 686. The van der Waals surface area contributed by atoms with E-state index < -0.39 is 0 Å². The number of aliphatic hydroxyl groups excluding tert-OH is 1. The van der Waals surface area contributed by atoms with Gasteiger partial charge in [0.1, 0.15) is 5.72 Å². The fourth-order valence-electron chi connectivity index (χ4n) is 10.4. The van der Waals surface area contributed by atoms with Crippen molar-refractivity contribution < 1.29 is 9.84 Å². The summed E-state index contributed by atoms with van der Waals surface area (Å²) in [6.45, 7) is 11.3. The predicted molar refractivity (Wildman–Crippen MR) is 120 cm³/mol. The van der Waals surface area contributed by atoms with Crippen LogP contribution in [0.3, 0.4) is 0 Å². The van der Waals surface area contributed by atoms with E-state index in [2.05, 4.69) is 33.0 Å². The highest BCUT2D eigenvalue weighted by Gasteiger charge is 2.68. The van der Waals surface area contributed by atoms with Crippen LogP contribution in [0.25, 0.3) is 0 Å². The number of hydrogen-bond donors (Lipinski definition) is 2. The zero-order valence-electron chi connectivity index (χ0n) is 19.8.